The quantitative estimate of drug-likeness (QED) is 0.662. The summed E-state index contributed by atoms with van der Waals surface area (Å²) >= 11 is 0. The predicted molar refractivity (Wildman–Crippen MR) is 39.6 cm³/mol. The highest BCUT2D eigenvalue weighted by atomic mass is 19.2. The monoisotopic (exact) mass is 200 g/mol. The van der Waals surface area contributed by atoms with Gasteiger partial charge in [-0.05, 0) is 12.1 Å². The summed E-state index contributed by atoms with van der Waals surface area (Å²) in [5, 5.41) is 0. The molecule has 0 N–H and O–H groups in total. The molecular formula is C8H3F3N2O. The number of hydrogen-bond acceptors (Lipinski definition) is 3. The highest BCUT2D eigenvalue weighted by Crippen LogP contribution is 2.17. The third kappa shape index (κ3) is 1.34. The Labute approximate surface area is 76.2 Å². The van der Waals surface area contributed by atoms with Crippen molar-refractivity contribution in [3.63, 3.8) is 0 Å². The zero-order valence-corrected chi connectivity index (χ0v) is 6.67. The number of hydrogen-bond donors (Lipinski definition) is 0. The van der Waals surface area contributed by atoms with E-state index in [2.05, 4.69) is 9.97 Å². The molecule has 0 amide bonds. The maximum absolute atomic E-state index is 12.6. The van der Waals surface area contributed by atoms with Crippen LogP contribution in [0, 0.1) is 17.7 Å². The van der Waals surface area contributed by atoms with E-state index in [9.17, 15) is 13.2 Å². The van der Waals surface area contributed by atoms with Crippen molar-refractivity contribution in [1.29, 1.82) is 0 Å². The van der Waals surface area contributed by atoms with Crippen LogP contribution in [0.25, 0.3) is 11.6 Å². The Morgan fingerprint density at radius 1 is 1.07 bits per heavy atom. The van der Waals surface area contributed by atoms with E-state index in [0.29, 0.717) is 0 Å². The zero-order chi connectivity index (χ0) is 10.1. The van der Waals surface area contributed by atoms with E-state index in [-0.39, 0.29) is 11.6 Å². The van der Waals surface area contributed by atoms with Crippen LogP contribution in [0.1, 0.15) is 0 Å². The third-order valence-electron chi connectivity index (χ3n) is 1.51. The molecule has 0 saturated heterocycles. The average molecular weight is 200 g/mol. The van der Waals surface area contributed by atoms with Gasteiger partial charge in [-0.1, -0.05) is 0 Å². The van der Waals surface area contributed by atoms with Crippen LogP contribution in [0.2, 0.25) is 0 Å². The Morgan fingerprint density at radius 3 is 2.21 bits per heavy atom. The van der Waals surface area contributed by atoms with Crippen molar-refractivity contribution in [3.05, 3.63) is 36.1 Å². The van der Waals surface area contributed by atoms with Crippen LogP contribution in [0.3, 0.4) is 0 Å². The van der Waals surface area contributed by atoms with Crippen LogP contribution in [0.5, 0.6) is 0 Å². The molecule has 0 saturated carbocycles. The van der Waals surface area contributed by atoms with E-state index in [4.69, 9.17) is 4.42 Å². The standard InChI is InChI=1S/C8H3F3N2O/c9-5-6(10)12-8(13-7(5)11)4-2-1-3-14-4/h1-3H. The molecule has 2 rings (SSSR count). The lowest BCUT2D eigenvalue weighted by molar-refractivity contribution is 0.406. The van der Waals surface area contributed by atoms with Gasteiger partial charge in [0.15, 0.2) is 5.76 Å². The first-order chi connectivity index (χ1) is 6.68. The predicted octanol–water partition coefficient (Wildman–Crippen LogP) is 2.15. The Morgan fingerprint density at radius 2 is 1.71 bits per heavy atom. The van der Waals surface area contributed by atoms with E-state index in [1.807, 2.05) is 0 Å². The van der Waals surface area contributed by atoms with E-state index in [1.54, 1.807) is 0 Å². The van der Waals surface area contributed by atoms with Crippen molar-refractivity contribution in [1.82, 2.24) is 9.97 Å². The van der Waals surface area contributed by atoms with Gasteiger partial charge in [-0.3, -0.25) is 0 Å². The number of furan rings is 1. The lowest BCUT2D eigenvalue weighted by atomic mass is 10.4. The Hall–Kier alpha value is -1.85. The summed E-state index contributed by atoms with van der Waals surface area (Å²) in [6, 6.07) is 2.91. The minimum atomic E-state index is -1.69. The number of nitrogens with zero attached hydrogens (tertiary/aromatic N) is 2. The summed E-state index contributed by atoms with van der Waals surface area (Å²) < 4.78 is 42.5. The Balaban J connectivity index is 2.57. The van der Waals surface area contributed by atoms with Crippen molar-refractivity contribution in [2.75, 3.05) is 0 Å². The molecule has 0 atom stereocenters. The lowest BCUT2D eigenvalue weighted by Crippen LogP contribution is -2.01. The Kier molecular flexibility index (Phi) is 1.95. The van der Waals surface area contributed by atoms with Crippen LogP contribution >= 0.6 is 0 Å². The maximum Gasteiger partial charge on any atom is 0.255 e. The maximum atomic E-state index is 12.6. The zero-order valence-electron chi connectivity index (χ0n) is 6.67. The first-order valence-corrected chi connectivity index (χ1v) is 3.61. The fourth-order valence-electron chi connectivity index (χ4n) is 0.910. The smallest absolute Gasteiger partial charge is 0.255 e. The van der Waals surface area contributed by atoms with Gasteiger partial charge >= 0.3 is 0 Å². The summed E-state index contributed by atoms with van der Waals surface area (Å²) in [6.07, 6.45) is 1.29. The molecule has 0 aliphatic heterocycles. The number of aromatic nitrogens is 2. The lowest BCUT2D eigenvalue weighted by Gasteiger charge is -1.97. The summed E-state index contributed by atoms with van der Waals surface area (Å²) in [6.45, 7) is 0. The second kappa shape index (κ2) is 3.13. The van der Waals surface area contributed by atoms with Gasteiger partial charge in [-0.2, -0.15) is 23.1 Å². The summed E-state index contributed by atoms with van der Waals surface area (Å²) in [4.78, 5) is 6.18. The highest BCUT2D eigenvalue weighted by molar-refractivity contribution is 5.45. The van der Waals surface area contributed by atoms with Crippen LogP contribution < -0.4 is 0 Å². The molecule has 0 bridgehead atoms. The second-order valence-corrected chi connectivity index (χ2v) is 2.42. The van der Waals surface area contributed by atoms with Crippen molar-refractivity contribution in [2.24, 2.45) is 0 Å². The van der Waals surface area contributed by atoms with Crippen LogP contribution in [0.4, 0.5) is 13.2 Å². The van der Waals surface area contributed by atoms with Gasteiger partial charge < -0.3 is 4.42 Å². The average Bonchev–Trinajstić information content (AvgIpc) is 2.66. The molecule has 6 heteroatoms. The molecule has 0 aliphatic carbocycles. The first kappa shape index (κ1) is 8.74. The topological polar surface area (TPSA) is 38.9 Å². The van der Waals surface area contributed by atoms with E-state index >= 15 is 0 Å². The summed E-state index contributed by atoms with van der Waals surface area (Å²) in [7, 11) is 0. The molecule has 2 aromatic rings. The molecule has 0 radical (unpaired) electrons. The van der Waals surface area contributed by atoms with Gasteiger partial charge in [0.1, 0.15) is 0 Å². The van der Waals surface area contributed by atoms with Gasteiger partial charge in [-0.25, -0.2) is 0 Å². The Bertz CT molecular complexity index is 433. The molecule has 0 fully saturated rings. The molecule has 3 nitrogen and oxygen atoms in total. The van der Waals surface area contributed by atoms with Crippen molar-refractivity contribution >= 4 is 0 Å². The molecule has 0 aliphatic rings. The molecule has 2 aromatic heterocycles. The normalized spacial score (nSPS) is 10.5. The molecule has 2 heterocycles. The van der Waals surface area contributed by atoms with Crippen molar-refractivity contribution < 1.29 is 17.6 Å². The molecular weight excluding hydrogens is 197 g/mol. The fraction of sp³-hybridized carbons (Fsp3) is 0. The largest absolute Gasteiger partial charge is 0.461 e. The van der Waals surface area contributed by atoms with E-state index < -0.39 is 17.7 Å². The highest BCUT2D eigenvalue weighted by Gasteiger charge is 2.15. The van der Waals surface area contributed by atoms with Crippen LogP contribution in [0.15, 0.2) is 22.8 Å². The molecule has 0 unspecified atom stereocenters. The van der Waals surface area contributed by atoms with Crippen LogP contribution in [-0.4, -0.2) is 9.97 Å². The molecule has 0 spiro atoms. The SMILES string of the molecule is Fc1nc(-c2ccco2)nc(F)c1F. The van der Waals surface area contributed by atoms with Gasteiger partial charge in [0.25, 0.3) is 11.9 Å². The second-order valence-electron chi connectivity index (χ2n) is 2.42. The number of halogens is 3. The van der Waals surface area contributed by atoms with Gasteiger partial charge in [0.2, 0.25) is 11.6 Å². The van der Waals surface area contributed by atoms with Crippen LogP contribution in [-0.2, 0) is 0 Å². The third-order valence-corrected chi connectivity index (χ3v) is 1.51. The minimum Gasteiger partial charge on any atom is -0.461 e. The van der Waals surface area contributed by atoms with Gasteiger partial charge in [0, 0.05) is 0 Å². The van der Waals surface area contributed by atoms with Crippen molar-refractivity contribution in [2.45, 2.75) is 0 Å². The fourth-order valence-corrected chi connectivity index (χ4v) is 0.910. The molecule has 14 heavy (non-hydrogen) atoms. The van der Waals surface area contributed by atoms with E-state index in [1.165, 1.54) is 18.4 Å². The minimum absolute atomic E-state index is 0.0720. The first-order valence-electron chi connectivity index (χ1n) is 3.61. The summed E-state index contributed by atoms with van der Waals surface area (Å²) in [5.74, 6) is -5.03. The van der Waals surface area contributed by atoms with Crippen molar-refractivity contribution in [3.8, 4) is 11.6 Å². The van der Waals surface area contributed by atoms with E-state index in [0.717, 1.165) is 0 Å². The number of rotatable bonds is 1. The van der Waals surface area contributed by atoms with Gasteiger partial charge in [0.05, 0.1) is 6.26 Å². The summed E-state index contributed by atoms with van der Waals surface area (Å²) in [5.41, 5.74) is 0. The van der Waals surface area contributed by atoms with Gasteiger partial charge in [-0.15, -0.1) is 0 Å². The molecule has 72 valence electrons. The molecule has 0 aromatic carbocycles.